The van der Waals surface area contributed by atoms with Crippen molar-refractivity contribution in [1.82, 2.24) is 0 Å². The third-order valence-corrected chi connectivity index (χ3v) is 10.6. The smallest absolute Gasteiger partial charge is 0.201 e. The predicted molar refractivity (Wildman–Crippen MR) is 181 cm³/mol. The van der Waals surface area contributed by atoms with Gasteiger partial charge in [-0.1, -0.05) is 87.6 Å². The van der Waals surface area contributed by atoms with E-state index in [1.54, 1.807) is 24.3 Å². The zero-order chi connectivity index (χ0) is 31.6. The van der Waals surface area contributed by atoms with E-state index in [0.29, 0.717) is 12.2 Å². The molecule has 2 fully saturated rings. The second kappa shape index (κ2) is 16.5. The van der Waals surface area contributed by atoms with Crippen molar-refractivity contribution in [2.45, 2.75) is 110 Å². The summed E-state index contributed by atoms with van der Waals surface area (Å²) in [7, 11) is 0. The number of rotatable bonds is 13. The maximum atomic E-state index is 15.5. The lowest BCUT2D eigenvalue weighted by atomic mass is 9.68. The summed E-state index contributed by atoms with van der Waals surface area (Å²) in [5, 5.41) is 0. The van der Waals surface area contributed by atoms with Crippen molar-refractivity contribution in [2.75, 3.05) is 6.61 Å². The monoisotopic (exact) mass is 616 g/mol. The van der Waals surface area contributed by atoms with Gasteiger partial charge in [-0.15, -0.1) is 0 Å². The van der Waals surface area contributed by atoms with Crippen LogP contribution in [0.25, 0.3) is 22.3 Å². The van der Waals surface area contributed by atoms with Gasteiger partial charge in [0.2, 0.25) is 5.82 Å². The van der Waals surface area contributed by atoms with Crippen LogP contribution in [0.4, 0.5) is 13.2 Å². The quantitative estimate of drug-likeness (QED) is 0.137. The van der Waals surface area contributed by atoms with Gasteiger partial charge in [-0.2, -0.15) is 4.39 Å². The Morgan fingerprint density at radius 1 is 0.711 bits per heavy atom. The van der Waals surface area contributed by atoms with Gasteiger partial charge in [-0.05, 0) is 129 Å². The third-order valence-electron chi connectivity index (χ3n) is 10.6. The summed E-state index contributed by atoms with van der Waals surface area (Å²) in [5.74, 6) is 0.793. The second-order valence-corrected chi connectivity index (χ2v) is 13.5. The maximum absolute atomic E-state index is 15.5. The summed E-state index contributed by atoms with van der Waals surface area (Å²) in [5.41, 5.74) is 3.24. The van der Waals surface area contributed by atoms with E-state index in [9.17, 15) is 8.78 Å². The molecule has 3 aromatic rings. The van der Waals surface area contributed by atoms with Crippen molar-refractivity contribution in [3.8, 4) is 28.0 Å². The molecule has 2 aliphatic rings. The molecule has 2 aliphatic carbocycles. The normalized spacial score (nSPS) is 22.2. The first-order chi connectivity index (χ1) is 22.0. The highest BCUT2D eigenvalue weighted by Crippen LogP contribution is 2.45. The van der Waals surface area contributed by atoms with Gasteiger partial charge in [0.1, 0.15) is 5.82 Å². The van der Waals surface area contributed by atoms with E-state index in [1.807, 2.05) is 24.3 Å². The molecule has 4 heteroatoms. The zero-order valence-electron chi connectivity index (χ0n) is 27.3. The van der Waals surface area contributed by atoms with Crippen molar-refractivity contribution >= 4 is 0 Å². The molecule has 1 nitrogen and oxygen atoms in total. The molecule has 0 aromatic heterocycles. The lowest BCUT2D eigenvalue weighted by Crippen LogP contribution is -2.25. The van der Waals surface area contributed by atoms with E-state index in [1.165, 1.54) is 57.4 Å². The van der Waals surface area contributed by atoms with Crippen LogP contribution in [-0.4, -0.2) is 6.61 Å². The van der Waals surface area contributed by atoms with Crippen molar-refractivity contribution < 1.29 is 17.9 Å². The number of hydrogen-bond donors (Lipinski definition) is 0. The molecule has 0 aliphatic heterocycles. The molecule has 0 radical (unpaired) electrons. The van der Waals surface area contributed by atoms with Crippen molar-refractivity contribution in [1.29, 1.82) is 0 Å². The number of halogens is 3. The summed E-state index contributed by atoms with van der Waals surface area (Å²) in [6.07, 6.45) is 21.1. The van der Waals surface area contributed by atoms with Gasteiger partial charge in [-0.3, -0.25) is 0 Å². The Morgan fingerprint density at radius 3 is 2.04 bits per heavy atom. The van der Waals surface area contributed by atoms with Crippen LogP contribution < -0.4 is 4.74 Å². The molecule has 0 atom stereocenters. The Bertz CT molecular complexity index is 1380. The van der Waals surface area contributed by atoms with Crippen molar-refractivity contribution in [3.05, 3.63) is 89.8 Å². The fourth-order valence-corrected chi connectivity index (χ4v) is 7.81. The SMILES string of the molecule is C/C=C/CCC1CCC(C2CCC(c3ccc(-c4ccc(-c5ccc(OCCCCCC)c(F)c5F)cc4)cc3F)CC2)CC1. The van der Waals surface area contributed by atoms with Crippen LogP contribution in [0.2, 0.25) is 0 Å². The van der Waals surface area contributed by atoms with Gasteiger partial charge in [-0.25, -0.2) is 8.78 Å². The molecule has 3 aromatic carbocycles. The zero-order valence-corrected chi connectivity index (χ0v) is 27.3. The molecule has 5 rings (SSSR count). The average Bonchev–Trinajstić information content (AvgIpc) is 3.07. The van der Waals surface area contributed by atoms with E-state index in [2.05, 4.69) is 26.0 Å². The van der Waals surface area contributed by atoms with Crippen molar-refractivity contribution in [3.63, 3.8) is 0 Å². The number of ether oxygens (including phenoxy) is 1. The Labute approximate surface area is 269 Å². The highest BCUT2D eigenvalue weighted by Gasteiger charge is 2.32. The van der Waals surface area contributed by atoms with E-state index >= 15 is 4.39 Å². The molecule has 0 amide bonds. The molecule has 0 heterocycles. The Hall–Kier alpha value is -3.01. The maximum Gasteiger partial charge on any atom is 0.201 e. The van der Waals surface area contributed by atoms with E-state index in [4.69, 9.17) is 4.74 Å². The largest absolute Gasteiger partial charge is 0.490 e. The minimum absolute atomic E-state index is 0.0493. The summed E-state index contributed by atoms with van der Waals surface area (Å²) in [6, 6.07) is 15.9. The highest BCUT2D eigenvalue weighted by molar-refractivity contribution is 5.71. The summed E-state index contributed by atoms with van der Waals surface area (Å²) < 4.78 is 50.7. The first kappa shape index (κ1) is 33.4. The van der Waals surface area contributed by atoms with Gasteiger partial charge in [0, 0.05) is 5.56 Å². The van der Waals surface area contributed by atoms with Crippen LogP contribution >= 0.6 is 0 Å². The molecule has 0 saturated heterocycles. The highest BCUT2D eigenvalue weighted by atomic mass is 19.2. The molecule has 242 valence electrons. The van der Waals surface area contributed by atoms with E-state index in [-0.39, 0.29) is 23.0 Å². The predicted octanol–water partition coefficient (Wildman–Crippen LogP) is 12.8. The van der Waals surface area contributed by atoms with E-state index in [0.717, 1.165) is 73.0 Å². The van der Waals surface area contributed by atoms with Crippen LogP contribution in [0.3, 0.4) is 0 Å². The molecule has 0 bridgehead atoms. The number of hydrogen-bond acceptors (Lipinski definition) is 1. The molecule has 0 N–H and O–H groups in total. The van der Waals surface area contributed by atoms with Gasteiger partial charge < -0.3 is 4.74 Å². The fraction of sp³-hybridized carbons (Fsp3) is 0.512. The Balaban J connectivity index is 1.15. The molecule has 45 heavy (non-hydrogen) atoms. The first-order valence-electron chi connectivity index (χ1n) is 17.6. The standard InChI is InChI=1S/C41H51F3O/c1-3-5-7-9-27-45-39-26-25-37(40(43)41(39)44)34-21-17-32(18-22-34)35-23-24-36(38(42)28-35)33-19-15-31(16-20-33)30-13-11-29(12-14-30)10-8-6-4-2/h4,6,17-18,21-26,28-31,33H,3,5,7-16,19-20,27H2,1-2H3/b6-4+. The summed E-state index contributed by atoms with van der Waals surface area (Å²) in [6.45, 7) is 4.61. The molecule has 2 saturated carbocycles. The van der Waals surface area contributed by atoms with Crippen LogP contribution in [0.5, 0.6) is 5.75 Å². The summed E-state index contributed by atoms with van der Waals surface area (Å²) >= 11 is 0. The van der Waals surface area contributed by atoms with Gasteiger partial charge >= 0.3 is 0 Å². The number of unbranched alkanes of at least 4 members (excludes halogenated alkanes) is 3. The second-order valence-electron chi connectivity index (χ2n) is 13.5. The third kappa shape index (κ3) is 8.63. The van der Waals surface area contributed by atoms with Crippen LogP contribution in [0, 0.1) is 35.2 Å². The Morgan fingerprint density at radius 2 is 1.38 bits per heavy atom. The minimum atomic E-state index is -0.957. The van der Waals surface area contributed by atoms with Crippen LogP contribution in [0.15, 0.2) is 66.7 Å². The summed E-state index contributed by atoms with van der Waals surface area (Å²) in [4.78, 5) is 0. The van der Waals surface area contributed by atoms with Crippen LogP contribution in [-0.2, 0) is 0 Å². The molecule has 0 unspecified atom stereocenters. The fourth-order valence-electron chi connectivity index (χ4n) is 7.81. The van der Waals surface area contributed by atoms with Crippen molar-refractivity contribution in [2.24, 2.45) is 17.8 Å². The first-order valence-corrected chi connectivity index (χ1v) is 17.6. The van der Waals surface area contributed by atoms with Crippen LogP contribution in [0.1, 0.15) is 115 Å². The molecule has 0 spiro atoms. The topological polar surface area (TPSA) is 9.23 Å². The average molecular weight is 617 g/mol. The lowest BCUT2D eigenvalue weighted by Gasteiger charge is -2.38. The van der Waals surface area contributed by atoms with E-state index < -0.39 is 11.6 Å². The van der Waals surface area contributed by atoms with Gasteiger partial charge in [0.25, 0.3) is 0 Å². The molecular weight excluding hydrogens is 565 g/mol. The van der Waals surface area contributed by atoms with Gasteiger partial charge in [0.15, 0.2) is 11.6 Å². The number of allylic oxidation sites excluding steroid dienone is 2. The lowest BCUT2D eigenvalue weighted by molar-refractivity contribution is 0.156. The van der Waals surface area contributed by atoms with Gasteiger partial charge in [0.05, 0.1) is 6.61 Å². The molecular formula is C41H51F3O. The Kier molecular flexibility index (Phi) is 12.2. The number of benzene rings is 3. The minimum Gasteiger partial charge on any atom is -0.490 e.